The molecule has 1 rings (SSSR count). The molecule has 16 heavy (non-hydrogen) atoms. The Morgan fingerprint density at radius 2 is 1.88 bits per heavy atom. The third kappa shape index (κ3) is 3.95. The minimum atomic E-state index is 0.287. The average molecular weight is 221 g/mol. The highest BCUT2D eigenvalue weighted by molar-refractivity contribution is 5.33. The van der Waals surface area contributed by atoms with Crippen molar-refractivity contribution >= 4 is 0 Å². The first kappa shape index (κ1) is 13.2. The third-order valence-electron chi connectivity index (χ3n) is 3.07. The number of rotatable bonds is 6. The molecule has 2 N–H and O–H groups in total. The van der Waals surface area contributed by atoms with Gasteiger partial charge >= 0.3 is 0 Å². The van der Waals surface area contributed by atoms with Gasteiger partial charge in [0.2, 0.25) is 0 Å². The zero-order chi connectivity index (χ0) is 12.0. The molecule has 1 atom stereocenters. The average Bonchev–Trinajstić information content (AvgIpc) is 2.25. The largest absolute Gasteiger partial charge is 0.396 e. The maximum Gasteiger partial charge on any atom is 0.0431 e. The molecule has 2 nitrogen and oxygen atoms in total. The Hall–Kier alpha value is -0.860. The first-order chi connectivity index (χ1) is 7.65. The van der Waals surface area contributed by atoms with Crippen LogP contribution in [0.15, 0.2) is 18.2 Å². The van der Waals surface area contributed by atoms with Gasteiger partial charge in [0.15, 0.2) is 0 Å². The number of aliphatic hydroxyl groups excluding tert-OH is 1. The molecule has 0 saturated heterocycles. The van der Waals surface area contributed by atoms with Crippen molar-refractivity contribution < 1.29 is 5.11 Å². The maximum atomic E-state index is 8.76. The van der Waals surface area contributed by atoms with E-state index in [0.29, 0.717) is 6.04 Å². The highest BCUT2D eigenvalue weighted by Crippen LogP contribution is 2.13. The third-order valence-corrected chi connectivity index (χ3v) is 3.07. The van der Waals surface area contributed by atoms with Crippen LogP contribution in [-0.4, -0.2) is 17.8 Å². The lowest BCUT2D eigenvalue weighted by Crippen LogP contribution is -2.26. The zero-order valence-corrected chi connectivity index (χ0v) is 10.6. The molecule has 0 aliphatic heterocycles. The van der Waals surface area contributed by atoms with Gasteiger partial charge in [0.25, 0.3) is 0 Å². The Labute approximate surface area is 98.7 Å². The van der Waals surface area contributed by atoms with Crippen LogP contribution in [0.2, 0.25) is 0 Å². The number of aryl methyl sites for hydroxylation is 2. The van der Waals surface area contributed by atoms with Gasteiger partial charge in [-0.1, -0.05) is 18.2 Å². The van der Waals surface area contributed by atoms with E-state index in [2.05, 4.69) is 44.3 Å². The van der Waals surface area contributed by atoms with Gasteiger partial charge in [-0.05, 0) is 50.3 Å². The number of nitrogens with one attached hydrogen (secondary N) is 1. The SMILES string of the molecule is Cc1cccc(C)c1CNC(C)CCCO. The van der Waals surface area contributed by atoms with E-state index in [-0.39, 0.29) is 6.61 Å². The van der Waals surface area contributed by atoms with E-state index in [9.17, 15) is 0 Å². The predicted molar refractivity (Wildman–Crippen MR) is 68.5 cm³/mol. The highest BCUT2D eigenvalue weighted by atomic mass is 16.2. The molecule has 0 amide bonds. The van der Waals surface area contributed by atoms with E-state index >= 15 is 0 Å². The van der Waals surface area contributed by atoms with Crippen molar-refractivity contribution in [1.82, 2.24) is 5.32 Å². The molecule has 1 aromatic carbocycles. The Balaban J connectivity index is 2.48. The van der Waals surface area contributed by atoms with Gasteiger partial charge in [-0.3, -0.25) is 0 Å². The number of aliphatic hydroxyl groups is 1. The van der Waals surface area contributed by atoms with Gasteiger partial charge in [-0.15, -0.1) is 0 Å². The molecule has 2 heteroatoms. The second kappa shape index (κ2) is 6.66. The summed E-state index contributed by atoms with van der Waals surface area (Å²) >= 11 is 0. The lowest BCUT2D eigenvalue weighted by molar-refractivity contribution is 0.276. The fraction of sp³-hybridized carbons (Fsp3) is 0.571. The molecule has 90 valence electrons. The summed E-state index contributed by atoms with van der Waals surface area (Å²) in [5.74, 6) is 0. The molecule has 0 heterocycles. The molecule has 0 aliphatic rings. The van der Waals surface area contributed by atoms with Crippen LogP contribution in [0.5, 0.6) is 0 Å². The van der Waals surface area contributed by atoms with Crippen LogP contribution in [0.1, 0.15) is 36.5 Å². The van der Waals surface area contributed by atoms with Crippen molar-refractivity contribution in [2.24, 2.45) is 0 Å². The molecule has 0 saturated carbocycles. The van der Waals surface area contributed by atoms with Crippen molar-refractivity contribution in [3.8, 4) is 0 Å². The quantitative estimate of drug-likeness (QED) is 0.773. The molecule has 1 aromatic rings. The summed E-state index contributed by atoms with van der Waals surface area (Å²) in [5, 5.41) is 12.3. The van der Waals surface area contributed by atoms with Crippen LogP contribution >= 0.6 is 0 Å². The fourth-order valence-corrected chi connectivity index (χ4v) is 1.90. The Morgan fingerprint density at radius 3 is 2.44 bits per heavy atom. The molecular weight excluding hydrogens is 198 g/mol. The molecule has 1 unspecified atom stereocenters. The van der Waals surface area contributed by atoms with Crippen LogP contribution in [0, 0.1) is 13.8 Å². The summed E-state index contributed by atoms with van der Waals surface area (Å²) in [6.45, 7) is 7.69. The van der Waals surface area contributed by atoms with E-state index in [0.717, 1.165) is 19.4 Å². The molecule has 0 aliphatic carbocycles. The highest BCUT2D eigenvalue weighted by Gasteiger charge is 2.04. The Bertz CT molecular complexity index is 302. The number of benzene rings is 1. The molecule has 0 aromatic heterocycles. The normalized spacial score (nSPS) is 12.8. The van der Waals surface area contributed by atoms with Crippen molar-refractivity contribution in [3.63, 3.8) is 0 Å². The van der Waals surface area contributed by atoms with E-state index in [4.69, 9.17) is 5.11 Å². The van der Waals surface area contributed by atoms with Gasteiger partial charge in [-0.2, -0.15) is 0 Å². The summed E-state index contributed by atoms with van der Waals surface area (Å²) in [6.07, 6.45) is 1.91. The molecular formula is C14H23NO. The summed E-state index contributed by atoms with van der Waals surface area (Å²) in [4.78, 5) is 0. The van der Waals surface area contributed by atoms with E-state index < -0.39 is 0 Å². The molecule has 0 radical (unpaired) electrons. The summed E-state index contributed by atoms with van der Waals surface area (Å²) in [5.41, 5.74) is 4.10. The maximum absolute atomic E-state index is 8.76. The minimum Gasteiger partial charge on any atom is -0.396 e. The number of hydrogen-bond acceptors (Lipinski definition) is 2. The van der Waals surface area contributed by atoms with Crippen molar-refractivity contribution in [1.29, 1.82) is 0 Å². The summed E-state index contributed by atoms with van der Waals surface area (Å²) in [7, 11) is 0. The standard InChI is InChI=1S/C14H23NO/c1-11-6-4-7-12(2)14(11)10-15-13(3)8-5-9-16/h4,6-7,13,15-16H,5,8-10H2,1-3H3. The van der Waals surface area contributed by atoms with Crippen LogP contribution < -0.4 is 5.32 Å². The first-order valence-corrected chi connectivity index (χ1v) is 6.04. The second-order valence-corrected chi connectivity index (χ2v) is 4.52. The predicted octanol–water partition coefficient (Wildman–Crippen LogP) is 2.55. The van der Waals surface area contributed by atoms with Gasteiger partial charge in [0.1, 0.15) is 0 Å². The monoisotopic (exact) mass is 221 g/mol. The van der Waals surface area contributed by atoms with Crippen LogP contribution in [0.3, 0.4) is 0 Å². The Kier molecular flexibility index (Phi) is 5.50. The first-order valence-electron chi connectivity index (χ1n) is 6.04. The molecule has 0 bridgehead atoms. The van der Waals surface area contributed by atoms with Crippen LogP contribution in [0.4, 0.5) is 0 Å². The molecule has 0 fully saturated rings. The van der Waals surface area contributed by atoms with Crippen LogP contribution in [-0.2, 0) is 6.54 Å². The van der Waals surface area contributed by atoms with Gasteiger partial charge in [0, 0.05) is 19.2 Å². The van der Waals surface area contributed by atoms with Crippen molar-refractivity contribution in [2.75, 3.05) is 6.61 Å². The number of hydrogen-bond donors (Lipinski definition) is 2. The van der Waals surface area contributed by atoms with Gasteiger partial charge < -0.3 is 10.4 Å². The second-order valence-electron chi connectivity index (χ2n) is 4.52. The lowest BCUT2D eigenvalue weighted by Gasteiger charge is -2.16. The van der Waals surface area contributed by atoms with Crippen molar-refractivity contribution in [3.05, 3.63) is 34.9 Å². The summed E-state index contributed by atoms with van der Waals surface area (Å²) in [6, 6.07) is 6.87. The zero-order valence-electron chi connectivity index (χ0n) is 10.6. The topological polar surface area (TPSA) is 32.3 Å². The Morgan fingerprint density at radius 1 is 1.25 bits per heavy atom. The van der Waals surface area contributed by atoms with E-state index in [1.807, 2.05) is 0 Å². The lowest BCUT2D eigenvalue weighted by atomic mass is 10.0. The minimum absolute atomic E-state index is 0.287. The van der Waals surface area contributed by atoms with Gasteiger partial charge in [-0.25, -0.2) is 0 Å². The van der Waals surface area contributed by atoms with Gasteiger partial charge in [0.05, 0.1) is 0 Å². The van der Waals surface area contributed by atoms with E-state index in [1.54, 1.807) is 0 Å². The van der Waals surface area contributed by atoms with Crippen LogP contribution in [0.25, 0.3) is 0 Å². The smallest absolute Gasteiger partial charge is 0.0431 e. The van der Waals surface area contributed by atoms with E-state index in [1.165, 1.54) is 16.7 Å². The van der Waals surface area contributed by atoms with Crippen molar-refractivity contribution in [2.45, 2.75) is 46.2 Å². The fourth-order valence-electron chi connectivity index (χ4n) is 1.90. The molecule has 0 spiro atoms. The summed E-state index contributed by atoms with van der Waals surface area (Å²) < 4.78 is 0.